The van der Waals surface area contributed by atoms with Crippen molar-refractivity contribution in [1.82, 2.24) is 4.90 Å². The summed E-state index contributed by atoms with van der Waals surface area (Å²) in [6, 6.07) is 6.16. The van der Waals surface area contributed by atoms with E-state index in [4.69, 9.17) is 15.2 Å². The molecule has 1 heterocycles. The van der Waals surface area contributed by atoms with Crippen LogP contribution in [-0.4, -0.2) is 37.2 Å². The van der Waals surface area contributed by atoms with E-state index < -0.39 is 0 Å². The highest BCUT2D eigenvalue weighted by Crippen LogP contribution is 2.30. The van der Waals surface area contributed by atoms with Gasteiger partial charge in [0.05, 0.1) is 13.2 Å². The predicted octanol–water partition coefficient (Wildman–Crippen LogP) is 2.02. The van der Waals surface area contributed by atoms with Crippen molar-refractivity contribution in [1.29, 1.82) is 0 Å². The second-order valence-corrected chi connectivity index (χ2v) is 5.99. The largest absolute Gasteiger partial charge is 0.490 e. The first-order valence-electron chi connectivity index (χ1n) is 6.80. The molecule has 0 unspecified atom stereocenters. The minimum atomic E-state index is -0.181. The Morgan fingerprint density at radius 3 is 2.58 bits per heavy atom. The highest BCUT2D eigenvalue weighted by atomic mass is 16.5. The number of rotatable bonds is 4. The molecule has 1 aromatic carbocycles. The Labute approximate surface area is 115 Å². The lowest BCUT2D eigenvalue weighted by molar-refractivity contribution is 0.262. The summed E-state index contributed by atoms with van der Waals surface area (Å²) in [6.45, 7) is 7.24. The molecule has 0 aromatic heterocycles. The Morgan fingerprint density at radius 2 is 1.89 bits per heavy atom. The second kappa shape index (κ2) is 5.80. The molecule has 0 aliphatic carbocycles. The van der Waals surface area contributed by atoms with Gasteiger partial charge in [0.2, 0.25) is 0 Å². The number of hydrogen-bond acceptors (Lipinski definition) is 4. The third-order valence-corrected chi connectivity index (χ3v) is 2.94. The smallest absolute Gasteiger partial charge is 0.161 e. The van der Waals surface area contributed by atoms with Crippen molar-refractivity contribution in [3.05, 3.63) is 23.8 Å². The summed E-state index contributed by atoms with van der Waals surface area (Å²) >= 11 is 0. The van der Waals surface area contributed by atoms with Crippen LogP contribution in [0, 0.1) is 0 Å². The molecule has 0 atom stereocenters. The van der Waals surface area contributed by atoms with E-state index in [-0.39, 0.29) is 5.54 Å². The summed E-state index contributed by atoms with van der Waals surface area (Å²) in [6.07, 6.45) is 0.936. The number of fused-ring (bicyclic) bond motifs is 1. The Bertz CT molecular complexity index is 427. The fraction of sp³-hybridized carbons (Fsp3) is 0.600. The SMILES string of the molecule is CN(Cc1ccc2c(c1)OCCCO2)CC(C)(C)N. The minimum absolute atomic E-state index is 0.181. The quantitative estimate of drug-likeness (QED) is 0.904. The number of hydrogen-bond donors (Lipinski definition) is 1. The molecule has 0 spiro atoms. The summed E-state index contributed by atoms with van der Waals surface area (Å²) in [7, 11) is 2.08. The molecule has 19 heavy (non-hydrogen) atoms. The van der Waals surface area contributed by atoms with Crippen LogP contribution >= 0.6 is 0 Å². The topological polar surface area (TPSA) is 47.7 Å². The van der Waals surface area contributed by atoms with E-state index in [0.717, 1.165) is 44.2 Å². The van der Waals surface area contributed by atoms with E-state index in [1.54, 1.807) is 0 Å². The second-order valence-electron chi connectivity index (χ2n) is 5.99. The first-order valence-corrected chi connectivity index (χ1v) is 6.80. The molecule has 4 heteroatoms. The van der Waals surface area contributed by atoms with Crippen molar-refractivity contribution in [2.75, 3.05) is 26.8 Å². The van der Waals surface area contributed by atoms with Gasteiger partial charge in [-0.15, -0.1) is 0 Å². The summed E-state index contributed by atoms with van der Waals surface area (Å²) < 4.78 is 11.3. The number of nitrogens with zero attached hydrogens (tertiary/aromatic N) is 1. The third kappa shape index (κ3) is 4.40. The molecule has 0 saturated heterocycles. The molecule has 1 aliphatic heterocycles. The lowest BCUT2D eigenvalue weighted by Gasteiger charge is -2.26. The van der Waals surface area contributed by atoms with Crippen LogP contribution in [0.3, 0.4) is 0 Å². The average molecular weight is 264 g/mol. The number of ether oxygens (including phenoxy) is 2. The monoisotopic (exact) mass is 264 g/mol. The van der Waals surface area contributed by atoms with Crippen molar-refractivity contribution in [2.45, 2.75) is 32.4 Å². The van der Waals surface area contributed by atoms with Gasteiger partial charge in [0.15, 0.2) is 11.5 Å². The van der Waals surface area contributed by atoms with Gasteiger partial charge in [-0.3, -0.25) is 0 Å². The highest BCUT2D eigenvalue weighted by Gasteiger charge is 2.15. The summed E-state index contributed by atoms with van der Waals surface area (Å²) in [5, 5.41) is 0. The van der Waals surface area contributed by atoms with Gasteiger partial charge in [-0.1, -0.05) is 6.07 Å². The van der Waals surface area contributed by atoms with Gasteiger partial charge < -0.3 is 20.1 Å². The van der Waals surface area contributed by atoms with E-state index in [1.807, 2.05) is 19.9 Å². The Hall–Kier alpha value is -1.26. The molecular formula is C15H24N2O2. The molecule has 106 valence electrons. The van der Waals surface area contributed by atoms with Gasteiger partial charge >= 0.3 is 0 Å². The Balaban J connectivity index is 2.03. The maximum Gasteiger partial charge on any atom is 0.161 e. The molecule has 0 saturated carbocycles. The first-order chi connectivity index (χ1) is 8.94. The fourth-order valence-corrected chi connectivity index (χ4v) is 2.37. The van der Waals surface area contributed by atoms with E-state index in [1.165, 1.54) is 5.56 Å². The van der Waals surface area contributed by atoms with Gasteiger partial charge in [0, 0.05) is 25.0 Å². The molecule has 0 bridgehead atoms. The van der Waals surface area contributed by atoms with Crippen LogP contribution in [0.1, 0.15) is 25.8 Å². The van der Waals surface area contributed by atoms with Crippen LogP contribution in [0.25, 0.3) is 0 Å². The number of likely N-dealkylation sites (N-methyl/N-ethyl adjacent to an activating group) is 1. The molecule has 1 aromatic rings. The molecule has 0 radical (unpaired) electrons. The molecule has 2 N–H and O–H groups in total. The zero-order valence-corrected chi connectivity index (χ0v) is 12.1. The number of benzene rings is 1. The molecular weight excluding hydrogens is 240 g/mol. The molecule has 1 aliphatic rings. The van der Waals surface area contributed by atoms with Gasteiger partial charge in [-0.2, -0.15) is 0 Å². The van der Waals surface area contributed by atoms with Crippen molar-refractivity contribution < 1.29 is 9.47 Å². The standard InChI is InChI=1S/C15H24N2O2/c1-15(2,16)11-17(3)10-12-5-6-13-14(9-12)19-8-4-7-18-13/h5-6,9H,4,7-8,10-11,16H2,1-3H3. The van der Waals surface area contributed by atoms with Crippen LogP contribution in [0.2, 0.25) is 0 Å². The van der Waals surface area contributed by atoms with Crippen molar-refractivity contribution in [3.8, 4) is 11.5 Å². The summed E-state index contributed by atoms with van der Waals surface area (Å²) in [4.78, 5) is 2.22. The van der Waals surface area contributed by atoms with Crippen molar-refractivity contribution in [3.63, 3.8) is 0 Å². The zero-order valence-electron chi connectivity index (χ0n) is 12.1. The molecule has 0 fully saturated rings. The Kier molecular flexibility index (Phi) is 4.32. The van der Waals surface area contributed by atoms with Crippen LogP contribution in [0.15, 0.2) is 18.2 Å². The average Bonchev–Trinajstić information content (AvgIpc) is 2.50. The van der Waals surface area contributed by atoms with E-state index >= 15 is 0 Å². The maximum absolute atomic E-state index is 6.04. The normalized spacial score (nSPS) is 15.4. The van der Waals surface area contributed by atoms with E-state index in [0.29, 0.717) is 0 Å². The first kappa shape index (κ1) is 14.2. The zero-order chi connectivity index (χ0) is 13.9. The predicted molar refractivity (Wildman–Crippen MR) is 76.6 cm³/mol. The van der Waals surface area contributed by atoms with Crippen LogP contribution < -0.4 is 15.2 Å². The van der Waals surface area contributed by atoms with Gasteiger partial charge in [-0.25, -0.2) is 0 Å². The van der Waals surface area contributed by atoms with Crippen LogP contribution in [-0.2, 0) is 6.54 Å². The fourth-order valence-electron chi connectivity index (χ4n) is 2.37. The van der Waals surface area contributed by atoms with Crippen molar-refractivity contribution in [2.24, 2.45) is 5.73 Å². The Morgan fingerprint density at radius 1 is 1.21 bits per heavy atom. The lowest BCUT2D eigenvalue weighted by atomic mass is 10.1. The van der Waals surface area contributed by atoms with Crippen LogP contribution in [0.5, 0.6) is 11.5 Å². The van der Waals surface area contributed by atoms with E-state index in [9.17, 15) is 0 Å². The lowest BCUT2D eigenvalue weighted by Crippen LogP contribution is -2.43. The van der Waals surface area contributed by atoms with Gasteiger partial charge in [0.1, 0.15) is 0 Å². The minimum Gasteiger partial charge on any atom is -0.490 e. The third-order valence-electron chi connectivity index (χ3n) is 2.94. The van der Waals surface area contributed by atoms with Crippen LogP contribution in [0.4, 0.5) is 0 Å². The number of nitrogens with two attached hydrogens (primary N) is 1. The molecule has 2 rings (SSSR count). The summed E-state index contributed by atoms with van der Waals surface area (Å²) in [5.74, 6) is 1.71. The maximum atomic E-state index is 6.04. The van der Waals surface area contributed by atoms with Gasteiger partial charge in [-0.05, 0) is 38.6 Å². The summed E-state index contributed by atoms with van der Waals surface area (Å²) in [5.41, 5.74) is 7.07. The van der Waals surface area contributed by atoms with Gasteiger partial charge in [0.25, 0.3) is 0 Å². The highest BCUT2D eigenvalue weighted by molar-refractivity contribution is 5.43. The van der Waals surface area contributed by atoms with E-state index in [2.05, 4.69) is 24.1 Å². The van der Waals surface area contributed by atoms with Crippen molar-refractivity contribution >= 4 is 0 Å². The molecule has 4 nitrogen and oxygen atoms in total. The molecule has 0 amide bonds.